The van der Waals surface area contributed by atoms with Crippen LogP contribution in [0.2, 0.25) is 10.0 Å². The van der Waals surface area contributed by atoms with Crippen molar-refractivity contribution in [3.8, 4) is 5.75 Å². The summed E-state index contributed by atoms with van der Waals surface area (Å²) in [6.07, 6.45) is 3.58. The van der Waals surface area contributed by atoms with Crippen LogP contribution in [-0.4, -0.2) is 35.4 Å². The highest BCUT2D eigenvalue weighted by molar-refractivity contribution is 6.36. The number of nitrogens with one attached hydrogen (secondary N) is 1. The number of aromatic nitrogens is 1. The van der Waals surface area contributed by atoms with Crippen LogP contribution >= 0.6 is 23.2 Å². The van der Waals surface area contributed by atoms with Gasteiger partial charge < -0.3 is 14.8 Å². The number of hydrogen-bond acceptors (Lipinski definition) is 4. The van der Waals surface area contributed by atoms with Gasteiger partial charge in [-0.2, -0.15) is 0 Å². The number of para-hydroxylation sites is 1. The number of methoxy groups -OCH3 is 1. The van der Waals surface area contributed by atoms with E-state index in [0.717, 1.165) is 16.5 Å². The van der Waals surface area contributed by atoms with Crippen LogP contribution in [0.1, 0.15) is 11.1 Å². The molecule has 7 heteroatoms. The number of aliphatic imine (C=N–C) groups is 1. The standard InChI is InChI=1S/C19H16Cl2N2O3/c1-26-19(25)17(7-11-9-22-16-5-3-2-4-14(11)16)23-10-12-6-13(20)8-15(21)18(12)24/h2-6,8-10,17,22,24H,7H2,1H3. The number of nitrogens with zero attached hydrogens (tertiary/aromatic N) is 1. The molecule has 2 aromatic carbocycles. The van der Waals surface area contributed by atoms with Crippen molar-refractivity contribution in [2.45, 2.75) is 12.5 Å². The predicted octanol–water partition coefficient (Wildman–Crippen LogP) is 4.38. The molecule has 1 aromatic heterocycles. The summed E-state index contributed by atoms with van der Waals surface area (Å²) in [4.78, 5) is 19.6. The van der Waals surface area contributed by atoms with Gasteiger partial charge in [0.2, 0.25) is 0 Å². The molecule has 1 atom stereocenters. The van der Waals surface area contributed by atoms with Crippen LogP contribution in [0.5, 0.6) is 5.75 Å². The smallest absolute Gasteiger partial charge is 0.330 e. The Morgan fingerprint density at radius 1 is 1.35 bits per heavy atom. The number of aromatic amines is 1. The van der Waals surface area contributed by atoms with Gasteiger partial charge in [0.25, 0.3) is 0 Å². The number of fused-ring (bicyclic) bond motifs is 1. The largest absolute Gasteiger partial charge is 0.506 e. The van der Waals surface area contributed by atoms with Crippen molar-refractivity contribution in [1.29, 1.82) is 0 Å². The molecule has 3 rings (SSSR count). The first kappa shape index (κ1) is 18.3. The SMILES string of the molecule is COC(=O)C(Cc1c[nH]c2ccccc12)N=Cc1cc(Cl)cc(Cl)c1O. The van der Waals surface area contributed by atoms with Crippen LogP contribution in [0.25, 0.3) is 10.9 Å². The monoisotopic (exact) mass is 390 g/mol. The van der Waals surface area contributed by atoms with Gasteiger partial charge in [0.05, 0.1) is 12.1 Å². The van der Waals surface area contributed by atoms with Gasteiger partial charge in [0.15, 0.2) is 6.04 Å². The lowest BCUT2D eigenvalue weighted by Gasteiger charge is -2.10. The Labute approximate surface area is 160 Å². The van der Waals surface area contributed by atoms with Crippen LogP contribution < -0.4 is 0 Å². The summed E-state index contributed by atoms with van der Waals surface area (Å²) in [5.41, 5.74) is 2.26. The molecule has 0 fully saturated rings. The first-order valence-electron chi connectivity index (χ1n) is 7.83. The average Bonchev–Trinajstić information content (AvgIpc) is 3.04. The minimum absolute atomic E-state index is 0.116. The van der Waals surface area contributed by atoms with E-state index >= 15 is 0 Å². The van der Waals surface area contributed by atoms with Crippen LogP contribution in [0.3, 0.4) is 0 Å². The van der Waals surface area contributed by atoms with Gasteiger partial charge in [-0.25, -0.2) is 4.79 Å². The van der Waals surface area contributed by atoms with Crippen molar-refractivity contribution < 1.29 is 14.6 Å². The number of hydrogen-bond donors (Lipinski definition) is 2. The summed E-state index contributed by atoms with van der Waals surface area (Å²) in [7, 11) is 1.31. The van der Waals surface area contributed by atoms with Gasteiger partial charge in [0, 0.05) is 40.3 Å². The van der Waals surface area contributed by atoms with Crippen molar-refractivity contribution in [2.24, 2.45) is 4.99 Å². The zero-order valence-electron chi connectivity index (χ0n) is 13.9. The highest BCUT2D eigenvalue weighted by Crippen LogP contribution is 2.30. The van der Waals surface area contributed by atoms with E-state index in [4.69, 9.17) is 27.9 Å². The molecular weight excluding hydrogens is 375 g/mol. The third-order valence-electron chi connectivity index (χ3n) is 4.01. The molecule has 26 heavy (non-hydrogen) atoms. The lowest BCUT2D eigenvalue weighted by Crippen LogP contribution is -2.23. The normalized spacial score (nSPS) is 12.6. The number of phenols is 1. The minimum Gasteiger partial charge on any atom is -0.506 e. The molecule has 0 radical (unpaired) electrons. The number of carbonyl (C=O) groups is 1. The number of halogens is 2. The second-order valence-corrected chi connectivity index (χ2v) is 6.55. The summed E-state index contributed by atoms with van der Waals surface area (Å²) in [6, 6.07) is 9.98. The van der Waals surface area contributed by atoms with E-state index in [0.29, 0.717) is 17.0 Å². The molecule has 5 nitrogen and oxygen atoms in total. The molecule has 3 aromatic rings. The number of phenolic OH excluding ortho intramolecular Hbond substituents is 1. The summed E-state index contributed by atoms with van der Waals surface area (Å²) >= 11 is 11.9. The Bertz CT molecular complexity index is 982. The van der Waals surface area contributed by atoms with Crippen molar-refractivity contribution in [3.05, 3.63) is 63.8 Å². The Morgan fingerprint density at radius 2 is 2.12 bits per heavy atom. The van der Waals surface area contributed by atoms with Crippen LogP contribution in [0.15, 0.2) is 47.6 Å². The third-order valence-corrected chi connectivity index (χ3v) is 4.52. The number of aromatic hydroxyl groups is 1. The van der Waals surface area contributed by atoms with Gasteiger partial charge in [-0.05, 0) is 23.8 Å². The molecule has 0 aliphatic heterocycles. The number of ether oxygens (including phenoxy) is 1. The predicted molar refractivity (Wildman–Crippen MR) is 104 cm³/mol. The van der Waals surface area contributed by atoms with Crippen molar-refractivity contribution in [3.63, 3.8) is 0 Å². The second kappa shape index (κ2) is 7.81. The molecule has 0 spiro atoms. The van der Waals surface area contributed by atoms with Crippen LogP contribution in [0, 0.1) is 0 Å². The summed E-state index contributed by atoms with van der Waals surface area (Å²) in [5.74, 6) is -0.616. The van der Waals surface area contributed by atoms with E-state index in [1.807, 2.05) is 30.5 Å². The lowest BCUT2D eigenvalue weighted by atomic mass is 10.1. The van der Waals surface area contributed by atoms with E-state index < -0.39 is 12.0 Å². The summed E-state index contributed by atoms with van der Waals surface area (Å²) in [6.45, 7) is 0. The average molecular weight is 391 g/mol. The summed E-state index contributed by atoms with van der Waals surface area (Å²) in [5, 5.41) is 11.5. The molecule has 1 heterocycles. The van der Waals surface area contributed by atoms with Gasteiger partial charge >= 0.3 is 5.97 Å². The Balaban J connectivity index is 1.91. The van der Waals surface area contributed by atoms with Gasteiger partial charge in [-0.15, -0.1) is 0 Å². The molecule has 0 amide bonds. The molecule has 0 saturated carbocycles. The number of H-pyrrole nitrogens is 1. The maximum Gasteiger partial charge on any atom is 0.330 e. The number of carbonyl (C=O) groups excluding carboxylic acids is 1. The second-order valence-electron chi connectivity index (χ2n) is 5.71. The fourth-order valence-corrected chi connectivity index (χ4v) is 3.21. The third kappa shape index (κ3) is 3.84. The number of benzene rings is 2. The molecule has 0 bridgehead atoms. The molecule has 0 saturated heterocycles. The fraction of sp³-hybridized carbons (Fsp3) is 0.158. The molecule has 2 N–H and O–H groups in total. The number of esters is 1. The number of rotatable bonds is 5. The molecule has 0 aliphatic rings. The zero-order valence-corrected chi connectivity index (χ0v) is 15.4. The van der Waals surface area contributed by atoms with E-state index in [2.05, 4.69) is 9.98 Å². The Kier molecular flexibility index (Phi) is 5.49. The summed E-state index contributed by atoms with van der Waals surface area (Å²) < 4.78 is 4.86. The van der Waals surface area contributed by atoms with Gasteiger partial charge in [-0.3, -0.25) is 4.99 Å². The minimum atomic E-state index is -0.767. The molecule has 134 valence electrons. The topological polar surface area (TPSA) is 74.7 Å². The Morgan fingerprint density at radius 3 is 2.88 bits per heavy atom. The van der Waals surface area contributed by atoms with Crippen LogP contribution in [0.4, 0.5) is 0 Å². The maximum atomic E-state index is 12.2. The van der Waals surface area contributed by atoms with E-state index in [1.54, 1.807) is 0 Å². The van der Waals surface area contributed by atoms with Gasteiger partial charge in [0.1, 0.15) is 5.75 Å². The lowest BCUT2D eigenvalue weighted by molar-refractivity contribution is -0.142. The van der Waals surface area contributed by atoms with Crippen molar-refractivity contribution in [1.82, 2.24) is 4.98 Å². The maximum absolute atomic E-state index is 12.2. The molecule has 1 unspecified atom stereocenters. The first-order chi connectivity index (χ1) is 12.5. The first-order valence-corrected chi connectivity index (χ1v) is 8.59. The highest BCUT2D eigenvalue weighted by Gasteiger charge is 2.20. The molecular formula is C19H16Cl2N2O3. The van der Waals surface area contributed by atoms with Crippen molar-refractivity contribution >= 4 is 46.3 Å². The quantitative estimate of drug-likeness (QED) is 0.501. The van der Waals surface area contributed by atoms with Crippen LogP contribution in [-0.2, 0) is 16.0 Å². The highest BCUT2D eigenvalue weighted by atomic mass is 35.5. The Hall–Kier alpha value is -2.50. The zero-order chi connectivity index (χ0) is 18.7. The fourth-order valence-electron chi connectivity index (χ4n) is 2.70. The molecule has 0 aliphatic carbocycles. The van der Waals surface area contributed by atoms with E-state index in [1.165, 1.54) is 25.5 Å². The van der Waals surface area contributed by atoms with E-state index in [-0.39, 0.29) is 10.8 Å². The van der Waals surface area contributed by atoms with Gasteiger partial charge in [-0.1, -0.05) is 41.4 Å². The van der Waals surface area contributed by atoms with Crippen molar-refractivity contribution in [2.75, 3.05) is 7.11 Å². The van der Waals surface area contributed by atoms with E-state index in [9.17, 15) is 9.90 Å².